The Kier molecular flexibility index (Phi) is 7.73. The van der Waals surface area contributed by atoms with Crippen LogP contribution in [0.4, 0.5) is 11.4 Å². The summed E-state index contributed by atoms with van der Waals surface area (Å²) in [6, 6.07) is 19.1. The third kappa shape index (κ3) is 6.12. The summed E-state index contributed by atoms with van der Waals surface area (Å²) in [4.78, 5) is 24.2. The summed E-state index contributed by atoms with van der Waals surface area (Å²) < 4.78 is 31.7. The molecule has 0 saturated heterocycles. The van der Waals surface area contributed by atoms with Crippen LogP contribution in [0.2, 0.25) is 5.02 Å². The summed E-state index contributed by atoms with van der Waals surface area (Å²) in [7, 11) is -2.27. The molecule has 0 aliphatic heterocycles. The van der Waals surface area contributed by atoms with Gasteiger partial charge in [0.05, 0.1) is 29.2 Å². The van der Waals surface area contributed by atoms with Crippen molar-refractivity contribution >= 4 is 44.9 Å². The molecule has 0 spiro atoms. The number of amides is 1. The van der Waals surface area contributed by atoms with Crippen LogP contribution in [0.1, 0.15) is 22.8 Å². The lowest BCUT2D eigenvalue weighted by molar-refractivity contribution is -0.115. The fraction of sp³-hybridized carbons (Fsp3) is 0.167. The number of nitrogens with one attached hydrogen (secondary N) is 1. The molecule has 9 heteroatoms. The quantitative estimate of drug-likeness (QED) is 0.472. The number of carbonyl (C=O) groups is 2. The topological polar surface area (TPSA) is 92.8 Å². The second-order valence-corrected chi connectivity index (χ2v) is 9.52. The number of hydrogen-bond acceptors (Lipinski definition) is 5. The van der Waals surface area contributed by atoms with Gasteiger partial charge in [-0.25, -0.2) is 13.2 Å². The summed E-state index contributed by atoms with van der Waals surface area (Å²) in [6.45, 7) is 2.02. The highest BCUT2D eigenvalue weighted by atomic mass is 35.5. The van der Waals surface area contributed by atoms with Crippen LogP contribution in [0.3, 0.4) is 0 Å². The zero-order chi connectivity index (χ0) is 24.0. The van der Waals surface area contributed by atoms with Gasteiger partial charge in [0.2, 0.25) is 5.91 Å². The van der Waals surface area contributed by atoms with Gasteiger partial charge in [0, 0.05) is 17.8 Å². The van der Waals surface area contributed by atoms with Gasteiger partial charge >= 0.3 is 5.97 Å². The number of anilines is 2. The van der Waals surface area contributed by atoms with Crippen molar-refractivity contribution in [3.8, 4) is 0 Å². The fourth-order valence-electron chi connectivity index (χ4n) is 3.02. The number of esters is 1. The lowest BCUT2D eigenvalue weighted by Gasteiger charge is -2.20. The van der Waals surface area contributed by atoms with E-state index in [2.05, 4.69) is 5.32 Å². The normalized spacial score (nSPS) is 11.0. The highest BCUT2D eigenvalue weighted by molar-refractivity contribution is 7.92. The van der Waals surface area contributed by atoms with Crippen LogP contribution in [0.15, 0.2) is 77.7 Å². The first-order valence-electron chi connectivity index (χ1n) is 10.1. The van der Waals surface area contributed by atoms with Crippen molar-refractivity contribution in [1.82, 2.24) is 0 Å². The molecule has 0 atom stereocenters. The van der Waals surface area contributed by atoms with Crippen LogP contribution in [-0.2, 0) is 26.0 Å². The number of ether oxygens (including phenoxy) is 1. The molecule has 7 nitrogen and oxygen atoms in total. The Labute approximate surface area is 198 Å². The highest BCUT2D eigenvalue weighted by Gasteiger charge is 2.21. The van der Waals surface area contributed by atoms with Crippen molar-refractivity contribution in [2.75, 3.05) is 23.3 Å². The molecule has 3 aromatic rings. The van der Waals surface area contributed by atoms with Crippen molar-refractivity contribution in [2.24, 2.45) is 0 Å². The predicted octanol–water partition coefficient (Wildman–Crippen LogP) is 4.52. The lowest BCUT2D eigenvalue weighted by Crippen LogP contribution is -2.26. The van der Waals surface area contributed by atoms with Crippen LogP contribution >= 0.6 is 11.6 Å². The number of nitrogens with zero attached hydrogens (tertiary/aromatic N) is 1. The molecule has 0 fully saturated rings. The van der Waals surface area contributed by atoms with E-state index in [9.17, 15) is 18.0 Å². The van der Waals surface area contributed by atoms with Gasteiger partial charge in [0.25, 0.3) is 10.0 Å². The van der Waals surface area contributed by atoms with Crippen LogP contribution in [0.5, 0.6) is 0 Å². The van der Waals surface area contributed by atoms with Crippen LogP contribution in [0, 0.1) is 0 Å². The molecular formula is C24H23ClN2O5S. The molecule has 1 amide bonds. The van der Waals surface area contributed by atoms with E-state index in [0.29, 0.717) is 28.6 Å². The van der Waals surface area contributed by atoms with Gasteiger partial charge < -0.3 is 10.1 Å². The van der Waals surface area contributed by atoms with E-state index >= 15 is 0 Å². The van der Waals surface area contributed by atoms with E-state index in [4.69, 9.17) is 16.3 Å². The molecule has 0 aliphatic rings. The molecule has 33 heavy (non-hydrogen) atoms. The maximum atomic E-state index is 12.8. The van der Waals surface area contributed by atoms with E-state index in [1.54, 1.807) is 55.5 Å². The highest BCUT2D eigenvalue weighted by Crippen LogP contribution is 2.24. The van der Waals surface area contributed by atoms with Crippen molar-refractivity contribution in [2.45, 2.75) is 18.2 Å². The SMILES string of the molecule is CCOC(=O)c1ccc(NC(=O)Cc2ccc(N(C)S(=O)(=O)c3ccc(Cl)cc3)cc2)cc1. The summed E-state index contributed by atoms with van der Waals surface area (Å²) in [5.41, 5.74) is 2.14. The summed E-state index contributed by atoms with van der Waals surface area (Å²) >= 11 is 5.84. The number of hydrogen-bond donors (Lipinski definition) is 1. The van der Waals surface area contributed by atoms with Gasteiger partial charge in [0.1, 0.15) is 0 Å². The van der Waals surface area contributed by atoms with E-state index in [-0.39, 0.29) is 17.2 Å². The minimum atomic E-state index is -3.74. The number of benzene rings is 3. The standard InChI is InChI=1S/C24H23ClN2O5S/c1-3-32-24(29)18-6-10-20(11-7-18)26-23(28)16-17-4-12-21(13-5-17)27(2)33(30,31)22-14-8-19(25)9-15-22/h4-15H,3,16H2,1-2H3,(H,26,28). The van der Waals surface area contributed by atoms with E-state index in [1.807, 2.05) is 0 Å². The Bertz CT molecular complexity index is 1230. The molecule has 0 aliphatic carbocycles. The zero-order valence-corrected chi connectivity index (χ0v) is 19.7. The second-order valence-electron chi connectivity index (χ2n) is 7.12. The third-order valence-electron chi connectivity index (χ3n) is 4.82. The van der Waals surface area contributed by atoms with Crippen molar-refractivity contribution in [3.63, 3.8) is 0 Å². The van der Waals surface area contributed by atoms with Gasteiger partial charge in [-0.2, -0.15) is 0 Å². The van der Waals surface area contributed by atoms with Gasteiger partial charge in [-0.15, -0.1) is 0 Å². The Hall–Kier alpha value is -3.36. The minimum Gasteiger partial charge on any atom is -0.462 e. The monoisotopic (exact) mass is 486 g/mol. The number of halogens is 1. The number of sulfonamides is 1. The van der Waals surface area contributed by atoms with E-state index in [1.165, 1.54) is 35.6 Å². The minimum absolute atomic E-state index is 0.105. The molecule has 0 saturated carbocycles. The van der Waals surface area contributed by atoms with E-state index in [0.717, 1.165) is 5.56 Å². The smallest absolute Gasteiger partial charge is 0.338 e. The molecule has 3 rings (SSSR count). The zero-order valence-electron chi connectivity index (χ0n) is 18.1. The number of rotatable bonds is 8. The average molecular weight is 487 g/mol. The molecule has 172 valence electrons. The maximum absolute atomic E-state index is 12.8. The van der Waals surface area contributed by atoms with Gasteiger partial charge in [0.15, 0.2) is 0 Å². The first-order valence-corrected chi connectivity index (χ1v) is 11.9. The Morgan fingerprint density at radius 1 is 0.939 bits per heavy atom. The summed E-state index contributed by atoms with van der Waals surface area (Å²) in [5, 5.41) is 3.22. The second kappa shape index (κ2) is 10.5. The van der Waals surface area contributed by atoms with Crippen molar-refractivity contribution < 1.29 is 22.7 Å². The van der Waals surface area contributed by atoms with Crippen molar-refractivity contribution in [3.05, 3.63) is 88.9 Å². The largest absolute Gasteiger partial charge is 0.462 e. The van der Waals surface area contributed by atoms with E-state index < -0.39 is 16.0 Å². The number of carbonyl (C=O) groups excluding carboxylic acids is 2. The molecular weight excluding hydrogens is 464 g/mol. The molecule has 3 aromatic carbocycles. The lowest BCUT2D eigenvalue weighted by atomic mass is 10.1. The molecule has 0 heterocycles. The third-order valence-corrected chi connectivity index (χ3v) is 6.87. The summed E-state index contributed by atoms with van der Waals surface area (Å²) in [6.07, 6.45) is 0.105. The van der Waals surface area contributed by atoms with Gasteiger partial charge in [-0.05, 0) is 73.2 Å². The van der Waals surface area contributed by atoms with Gasteiger partial charge in [-0.3, -0.25) is 9.10 Å². The average Bonchev–Trinajstić information content (AvgIpc) is 2.80. The Morgan fingerprint density at radius 3 is 2.12 bits per heavy atom. The Balaban J connectivity index is 1.62. The van der Waals surface area contributed by atoms with Crippen LogP contribution in [-0.4, -0.2) is 33.9 Å². The first-order chi connectivity index (χ1) is 15.7. The van der Waals surface area contributed by atoms with Crippen molar-refractivity contribution in [1.29, 1.82) is 0 Å². The predicted molar refractivity (Wildman–Crippen MR) is 128 cm³/mol. The van der Waals surface area contributed by atoms with Gasteiger partial charge in [-0.1, -0.05) is 23.7 Å². The Morgan fingerprint density at radius 2 is 1.55 bits per heavy atom. The summed E-state index contributed by atoms with van der Waals surface area (Å²) in [5.74, 6) is -0.660. The molecule has 0 aromatic heterocycles. The molecule has 0 radical (unpaired) electrons. The first kappa shape index (κ1) is 24.3. The fourth-order valence-corrected chi connectivity index (χ4v) is 4.34. The maximum Gasteiger partial charge on any atom is 0.338 e. The van der Waals surface area contributed by atoms with Crippen LogP contribution in [0.25, 0.3) is 0 Å². The molecule has 0 bridgehead atoms. The molecule has 1 N–H and O–H groups in total. The molecule has 0 unspecified atom stereocenters. The van der Waals surface area contributed by atoms with Crippen LogP contribution < -0.4 is 9.62 Å².